The van der Waals surface area contributed by atoms with Gasteiger partial charge in [-0.15, -0.1) is 0 Å². The molecule has 1 fully saturated rings. The van der Waals surface area contributed by atoms with Gasteiger partial charge in [-0.25, -0.2) is 9.78 Å². The predicted molar refractivity (Wildman–Crippen MR) is 163 cm³/mol. The third kappa shape index (κ3) is 6.67. The number of methoxy groups -OCH3 is 2. The summed E-state index contributed by atoms with van der Waals surface area (Å²) in [5.41, 5.74) is 1.04. The summed E-state index contributed by atoms with van der Waals surface area (Å²) >= 11 is 0.932. The summed E-state index contributed by atoms with van der Waals surface area (Å²) in [6.07, 6.45) is 3.72. The first-order valence-corrected chi connectivity index (χ1v) is 15.0. The Morgan fingerprint density at radius 2 is 1.65 bits per heavy atom. The lowest BCUT2D eigenvalue weighted by molar-refractivity contribution is -0.132. The number of nitrogens with zero attached hydrogens (tertiary/aromatic N) is 2. The summed E-state index contributed by atoms with van der Waals surface area (Å²) < 4.78 is 22.1. The molecule has 0 radical (unpaired) electrons. The predicted octanol–water partition coefficient (Wildman–Crippen LogP) is 6.23. The molecule has 2 heterocycles. The molecule has 1 aliphatic heterocycles. The zero-order valence-electron chi connectivity index (χ0n) is 25.0. The maximum Gasteiger partial charge on any atom is 0.350 e. The van der Waals surface area contributed by atoms with Crippen molar-refractivity contribution in [2.75, 3.05) is 32.3 Å². The summed E-state index contributed by atoms with van der Waals surface area (Å²) in [6.45, 7) is 6.81. The second kappa shape index (κ2) is 14.2. The fourth-order valence-corrected chi connectivity index (χ4v) is 5.62. The fraction of sp³-hybridized carbons (Fsp3) is 0.375. The molecule has 1 N–H and O–H groups in total. The minimum atomic E-state index is -1.07. The maximum absolute atomic E-state index is 13.6. The first-order chi connectivity index (χ1) is 20.7. The number of ether oxygens (including phenoxy) is 4. The number of aliphatic hydroxyl groups excluding tert-OH is 1. The maximum atomic E-state index is 13.6. The molecule has 1 unspecified atom stereocenters. The molecule has 1 saturated heterocycles. The molecule has 0 aliphatic carbocycles. The molecular formula is C32H36N2O8S. The number of aromatic nitrogens is 1. The lowest BCUT2D eigenvalue weighted by Crippen LogP contribution is -2.29. The highest BCUT2D eigenvalue weighted by molar-refractivity contribution is 7.17. The monoisotopic (exact) mass is 608 g/mol. The summed E-state index contributed by atoms with van der Waals surface area (Å²) in [7, 11) is 2.75. The Morgan fingerprint density at radius 1 is 0.977 bits per heavy atom. The number of ketones is 1. The number of hydrogen-bond donors (Lipinski definition) is 1. The van der Waals surface area contributed by atoms with Crippen LogP contribution in [0.3, 0.4) is 0 Å². The first kappa shape index (κ1) is 31.6. The molecule has 3 aromatic rings. The fourth-order valence-electron chi connectivity index (χ4n) is 4.61. The third-order valence-corrected chi connectivity index (χ3v) is 8.10. The molecule has 0 bridgehead atoms. The number of anilines is 1. The van der Waals surface area contributed by atoms with Crippen molar-refractivity contribution in [1.29, 1.82) is 0 Å². The number of esters is 1. The molecule has 1 aliphatic rings. The molecule has 1 amide bonds. The van der Waals surface area contributed by atoms with E-state index in [4.69, 9.17) is 18.9 Å². The molecule has 11 heteroatoms. The Hall–Kier alpha value is -4.38. The van der Waals surface area contributed by atoms with E-state index in [9.17, 15) is 19.5 Å². The van der Waals surface area contributed by atoms with Gasteiger partial charge in [-0.3, -0.25) is 14.5 Å². The SMILES string of the molecule is CCCCOc1ccc(/C(O)=C2\C(=O)C(=O)N(c3nc(C)c(C(=O)OC)s3)C2c2ccc(OCCCC)c(OC)c2)cc1. The van der Waals surface area contributed by atoms with Crippen LogP contribution in [0.15, 0.2) is 48.0 Å². The zero-order valence-corrected chi connectivity index (χ0v) is 25.8. The van der Waals surface area contributed by atoms with Crippen LogP contribution in [0.25, 0.3) is 5.76 Å². The number of Topliss-reactive ketones (excluding diaryl/α,β-unsaturated/α-hetero) is 1. The third-order valence-electron chi connectivity index (χ3n) is 6.96. The Morgan fingerprint density at radius 3 is 2.28 bits per heavy atom. The van der Waals surface area contributed by atoms with Crippen molar-refractivity contribution in [1.82, 2.24) is 4.98 Å². The average molecular weight is 609 g/mol. The van der Waals surface area contributed by atoms with Gasteiger partial charge in [0.25, 0.3) is 5.78 Å². The van der Waals surface area contributed by atoms with E-state index in [0.29, 0.717) is 47.3 Å². The summed E-state index contributed by atoms with van der Waals surface area (Å²) in [4.78, 5) is 45.4. The van der Waals surface area contributed by atoms with E-state index in [-0.39, 0.29) is 21.3 Å². The van der Waals surface area contributed by atoms with E-state index in [2.05, 4.69) is 18.8 Å². The summed E-state index contributed by atoms with van der Waals surface area (Å²) in [6, 6.07) is 10.7. The lowest BCUT2D eigenvalue weighted by atomic mass is 9.95. The molecule has 10 nitrogen and oxygen atoms in total. The van der Waals surface area contributed by atoms with Crippen LogP contribution in [0.1, 0.15) is 72.1 Å². The number of carbonyl (C=O) groups excluding carboxylic acids is 3. The van der Waals surface area contributed by atoms with Crippen LogP contribution in [0.4, 0.5) is 5.13 Å². The van der Waals surface area contributed by atoms with Gasteiger partial charge in [0.1, 0.15) is 16.4 Å². The molecular weight excluding hydrogens is 572 g/mol. The van der Waals surface area contributed by atoms with Crippen molar-refractivity contribution in [2.24, 2.45) is 0 Å². The van der Waals surface area contributed by atoms with E-state index >= 15 is 0 Å². The normalized spacial score (nSPS) is 15.9. The van der Waals surface area contributed by atoms with E-state index in [1.165, 1.54) is 19.1 Å². The zero-order chi connectivity index (χ0) is 31.1. The van der Waals surface area contributed by atoms with E-state index in [1.54, 1.807) is 49.4 Å². The number of amides is 1. The number of benzene rings is 2. The number of aryl methyl sites for hydroxylation is 1. The number of thiazole rings is 1. The molecule has 2 aromatic carbocycles. The van der Waals surface area contributed by atoms with Gasteiger partial charge in [-0.2, -0.15) is 0 Å². The number of rotatable bonds is 13. The molecule has 1 aromatic heterocycles. The smallest absolute Gasteiger partial charge is 0.350 e. The largest absolute Gasteiger partial charge is 0.507 e. The van der Waals surface area contributed by atoms with Crippen LogP contribution < -0.4 is 19.1 Å². The van der Waals surface area contributed by atoms with Gasteiger partial charge >= 0.3 is 11.9 Å². The Labute approximate surface area is 254 Å². The minimum absolute atomic E-state index is 0.117. The summed E-state index contributed by atoms with van der Waals surface area (Å²) in [5.74, 6) is -1.20. The van der Waals surface area contributed by atoms with Crippen molar-refractivity contribution >= 4 is 39.9 Å². The van der Waals surface area contributed by atoms with Crippen LogP contribution in [0.2, 0.25) is 0 Å². The second-order valence-electron chi connectivity index (χ2n) is 9.91. The summed E-state index contributed by atoms with van der Waals surface area (Å²) in [5, 5.41) is 11.6. The minimum Gasteiger partial charge on any atom is -0.507 e. The standard InChI is InChI=1S/C32H36N2O8S/c1-6-8-16-41-22-13-10-20(11-14-22)27(35)25-26(21-12-15-23(24(18-21)39-4)42-17-9-7-2)34(30(37)28(25)36)32-33-19(3)29(43-32)31(38)40-5/h10-15,18,26,35H,6-9,16-17H2,1-5H3/b27-25+. The van der Waals surface area contributed by atoms with Gasteiger partial charge in [-0.05, 0) is 61.7 Å². The van der Waals surface area contributed by atoms with Crippen molar-refractivity contribution in [3.05, 3.63) is 69.7 Å². The highest BCUT2D eigenvalue weighted by Crippen LogP contribution is 2.45. The lowest BCUT2D eigenvalue weighted by Gasteiger charge is -2.24. The number of aliphatic hydroxyl groups is 1. The number of hydrogen-bond acceptors (Lipinski definition) is 10. The molecule has 1 atom stereocenters. The number of unbranched alkanes of at least 4 members (excludes halogenated alkanes) is 2. The molecule has 228 valence electrons. The highest BCUT2D eigenvalue weighted by atomic mass is 32.1. The van der Waals surface area contributed by atoms with Gasteiger partial charge in [-0.1, -0.05) is 44.1 Å². The van der Waals surface area contributed by atoms with Crippen LogP contribution >= 0.6 is 11.3 Å². The molecule has 43 heavy (non-hydrogen) atoms. The van der Waals surface area contributed by atoms with Gasteiger partial charge in [0.05, 0.1) is 44.7 Å². The van der Waals surface area contributed by atoms with Crippen molar-refractivity contribution in [3.8, 4) is 17.2 Å². The van der Waals surface area contributed by atoms with Crippen molar-refractivity contribution in [2.45, 2.75) is 52.5 Å². The quantitative estimate of drug-likeness (QED) is 0.0790. The topological polar surface area (TPSA) is 124 Å². The number of carbonyl (C=O) groups is 3. The Bertz CT molecular complexity index is 1510. The van der Waals surface area contributed by atoms with Crippen molar-refractivity contribution in [3.63, 3.8) is 0 Å². The highest BCUT2D eigenvalue weighted by Gasteiger charge is 2.48. The van der Waals surface area contributed by atoms with Gasteiger partial charge < -0.3 is 24.1 Å². The van der Waals surface area contributed by atoms with Crippen LogP contribution in [0, 0.1) is 6.92 Å². The average Bonchev–Trinajstić information content (AvgIpc) is 3.53. The van der Waals surface area contributed by atoms with E-state index < -0.39 is 23.7 Å². The van der Waals surface area contributed by atoms with E-state index in [1.807, 2.05) is 0 Å². The van der Waals surface area contributed by atoms with Gasteiger partial charge in [0.15, 0.2) is 16.6 Å². The van der Waals surface area contributed by atoms with Crippen LogP contribution in [-0.2, 0) is 14.3 Å². The van der Waals surface area contributed by atoms with Gasteiger partial charge in [0, 0.05) is 5.56 Å². The molecule has 0 saturated carbocycles. The molecule has 0 spiro atoms. The second-order valence-corrected chi connectivity index (χ2v) is 10.9. The van der Waals surface area contributed by atoms with Gasteiger partial charge in [0.2, 0.25) is 0 Å². The van der Waals surface area contributed by atoms with Crippen LogP contribution in [-0.4, -0.2) is 55.2 Å². The van der Waals surface area contributed by atoms with Crippen molar-refractivity contribution < 1.29 is 38.4 Å². The Kier molecular flexibility index (Phi) is 10.4. The Balaban J connectivity index is 1.84. The first-order valence-electron chi connectivity index (χ1n) is 14.2. The van der Waals surface area contributed by atoms with E-state index in [0.717, 1.165) is 37.0 Å². The van der Waals surface area contributed by atoms with Crippen LogP contribution in [0.5, 0.6) is 17.2 Å². The molecule has 4 rings (SSSR count).